The molecule has 1 fully saturated rings. The van der Waals surface area contributed by atoms with Crippen LogP contribution >= 0.6 is 0 Å². The van der Waals surface area contributed by atoms with Crippen LogP contribution < -0.4 is 4.74 Å². The van der Waals surface area contributed by atoms with Crippen molar-refractivity contribution in [2.75, 3.05) is 46.4 Å². The Morgan fingerprint density at radius 3 is 2.42 bits per heavy atom. The van der Waals surface area contributed by atoms with Crippen LogP contribution in [-0.2, 0) is 4.79 Å². The minimum absolute atomic E-state index is 0.0297. The van der Waals surface area contributed by atoms with Crippen LogP contribution in [0.4, 0.5) is 4.39 Å². The molecule has 6 nitrogen and oxygen atoms in total. The topological polar surface area (TPSA) is 48.4 Å². The van der Waals surface area contributed by atoms with Gasteiger partial charge in [0, 0.05) is 38.2 Å². The number of nitrogens with zero attached hydrogens (tertiary/aromatic N) is 4. The molecule has 0 spiro atoms. The van der Waals surface area contributed by atoms with Gasteiger partial charge in [0.25, 0.3) is 5.91 Å². The number of methoxy groups -OCH3 is 1. The van der Waals surface area contributed by atoms with E-state index in [2.05, 4.69) is 16.7 Å². The number of halogens is 1. The minimum atomic E-state index is -0.289. The van der Waals surface area contributed by atoms with E-state index in [1.807, 2.05) is 24.3 Å². The van der Waals surface area contributed by atoms with Gasteiger partial charge in [-0.05, 0) is 30.3 Å². The van der Waals surface area contributed by atoms with Crippen molar-refractivity contribution in [2.45, 2.75) is 19.4 Å². The van der Waals surface area contributed by atoms with Gasteiger partial charge in [0.2, 0.25) is 0 Å². The summed E-state index contributed by atoms with van der Waals surface area (Å²) in [6.45, 7) is 7.24. The first-order valence-corrected chi connectivity index (χ1v) is 10.8. The fraction of sp³-hybridized carbons (Fsp3) is 0.417. The first-order valence-electron chi connectivity index (χ1n) is 10.8. The molecule has 0 N–H and O–H groups in total. The lowest BCUT2D eigenvalue weighted by Crippen LogP contribution is -2.49. The maximum absolute atomic E-state index is 13.4. The fourth-order valence-electron chi connectivity index (χ4n) is 4.27. The van der Waals surface area contributed by atoms with Gasteiger partial charge in [-0.25, -0.2) is 9.40 Å². The molecule has 31 heavy (non-hydrogen) atoms. The largest absolute Gasteiger partial charge is 0.496 e. The van der Waals surface area contributed by atoms with E-state index in [0.29, 0.717) is 13.0 Å². The van der Waals surface area contributed by atoms with Crippen molar-refractivity contribution in [1.29, 1.82) is 0 Å². The molecule has 7 heteroatoms. The summed E-state index contributed by atoms with van der Waals surface area (Å²) in [5.74, 6) is 0.415. The summed E-state index contributed by atoms with van der Waals surface area (Å²) >= 11 is 0. The monoisotopic (exact) mass is 424 g/mol. The zero-order valence-corrected chi connectivity index (χ0v) is 18.1. The van der Waals surface area contributed by atoms with E-state index < -0.39 is 0 Å². The lowest BCUT2D eigenvalue weighted by Gasteiger charge is -2.34. The van der Waals surface area contributed by atoms with Crippen LogP contribution in [0.3, 0.4) is 0 Å². The molecular weight excluding hydrogens is 395 g/mol. The number of likely N-dealkylation sites (N-methyl/N-ethyl adjacent to an activating group) is 1. The van der Waals surface area contributed by atoms with Gasteiger partial charge in [-0.1, -0.05) is 37.3 Å². The predicted molar refractivity (Wildman–Crippen MR) is 119 cm³/mol. The number of hydrazone groups is 1. The number of amides is 1. The number of hydrogen-bond donors (Lipinski definition) is 0. The zero-order valence-electron chi connectivity index (χ0n) is 18.1. The summed E-state index contributed by atoms with van der Waals surface area (Å²) in [5, 5.41) is 6.30. The Bertz CT molecular complexity index is 939. The van der Waals surface area contributed by atoms with Crippen molar-refractivity contribution in [2.24, 2.45) is 5.10 Å². The van der Waals surface area contributed by atoms with E-state index in [1.165, 1.54) is 12.1 Å². The molecule has 2 aliphatic rings. The summed E-state index contributed by atoms with van der Waals surface area (Å²) in [7, 11) is 1.63. The van der Waals surface area contributed by atoms with Crippen molar-refractivity contribution in [1.82, 2.24) is 14.8 Å². The summed E-state index contributed by atoms with van der Waals surface area (Å²) in [6.07, 6.45) is 0.557. The lowest BCUT2D eigenvalue weighted by atomic mass is 9.97. The Hall–Kier alpha value is -2.77. The summed E-state index contributed by atoms with van der Waals surface area (Å²) < 4.78 is 19.0. The van der Waals surface area contributed by atoms with Gasteiger partial charge in [-0.15, -0.1) is 0 Å². The van der Waals surface area contributed by atoms with Crippen molar-refractivity contribution in [3.8, 4) is 5.75 Å². The molecule has 2 aromatic rings. The van der Waals surface area contributed by atoms with Crippen LogP contribution in [-0.4, -0.2) is 72.8 Å². The van der Waals surface area contributed by atoms with Gasteiger partial charge in [0.15, 0.2) is 0 Å². The van der Waals surface area contributed by atoms with Crippen LogP contribution in [0.25, 0.3) is 0 Å². The van der Waals surface area contributed by atoms with Crippen LogP contribution in [0.2, 0.25) is 0 Å². The number of hydrogen-bond acceptors (Lipinski definition) is 5. The second-order valence-electron chi connectivity index (χ2n) is 7.96. The van der Waals surface area contributed by atoms with E-state index in [1.54, 1.807) is 24.3 Å². The highest BCUT2D eigenvalue weighted by Crippen LogP contribution is 2.37. The molecule has 0 radical (unpaired) electrons. The second kappa shape index (κ2) is 9.58. The van der Waals surface area contributed by atoms with E-state index in [0.717, 1.165) is 55.3 Å². The fourth-order valence-corrected chi connectivity index (χ4v) is 4.27. The van der Waals surface area contributed by atoms with Crippen molar-refractivity contribution in [3.63, 3.8) is 0 Å². The Labute approximate surface area is 182 Å². The van der Waals surface area contributed by atoms with Gasteiger partial charge in [-0.2, -0.15) is 5.10 Å². The van der Waals surface area contributed by atoms with Gasteiger partial charge in [-0.3, -0.25) is 9.69 Å². The molecule has 1 saturated heterocycles. The van der Waals surface area contributed by atoms with Gasteiger partial charge in [0.1, 0.15) is 11.6 Å². The third kappa shape index (κ3) is 4.78. The van der Waals surface area contributed by atoms with Crippen LogP contribution in [0, 0.1) is 5.82 Å². The Morgan fingerprint density at radius 1 is 1.06 bits per heavy atom. The van der Waals surface area contributed by atoms with E-state index in [9.17, 15) is 9.18 Å². The number of rotatable bonds is 6. The standard InChI is InChI=1S/C24H29FN4O2/c1-3-27-12-14-28(15-13-27)17-24(30)29-22(20-6-4-5-7-23(20)31-2)16-21(26-29)18-8-10-19(25)11-9-18/h4-11,22H,3,12-17H2,1-2H3/t22-/m1/s1. The first kappa shape index (κ1) is 21.5. The molecule has 2 heterocycles. The van der Waals surface area contributed by atoms with E-state index in [4.69, 9.17) is 9.84 Å². The zero-order chi connectivity index (χ0) is 21.8. The molecule has 0 unspecified atom stereocenters. The number of ether oxygens (including phenoxy) is 1. The second-order valence-corrected chi connectivity index (χ2v) is 7.96. The normalized spacial score (nSPS) is 20.0. The van der Waals surface area contributed by atoms with Gasteiger partial charge >= 0.3 is 0 Å². The number of para-hydroxylation sites is 1. The van der Waals surface area contributed by atoms with Crippen molar-refractivity contribution >= 4 is 11.6 Å². The molecule has 1 amide bonds. The summed E-state index contributed by atoms with van der Waals surface area (Å²) in [4.78, 5) is 17.9. The molecule has 4 rings (SSSR count). The smallest absolute Gasteiger partial charge is 0.257 e. The number of carbonyl (C=O) groups is 1. The molecule has 1 atom stereocenters. The Morgan fingerprint density at radius 2 is 1.74 bits per heavy atom. The third-order valence-electron chi connectivity index (χ3n) is 6.11. The minimum Gasteiger partial charge on any atom is -0.496 e. The van der Waals surface area contributed by atoms with Gasteiger partial charge < -0.3 is 9.64 Å². The number of carbonyl (C=O) groups excluding carboxylic acids is 1. The Kier molecular flexibility index (Phi) is 6.63. The highest BCUT2D eigenvalue weighted by atomic mass is 19.1. The van der Waals surface area contributed by atoms with Crippen molar-refractivity contribution < 1.29 is 13.9 Å². The summed E-state index contributed by atoms with van der Waals surface area (Å²) in [6, 6.07) is 13.8. The van der Waals surface area contributed by atoms with Crippen LogP contribution in [0.1, 0.15) is 30.5 Å². The first-order chi connectivity index (χ1) is 15.1. The molecular formula is C24H29FN4O2. The molecule has 164 valence electrons. The van der Waals surface area contributed by atoms with Crippen LogP contribution in [0.5, 0.6) is 5.75 Å². The maximum atomic E-state index is 13.4. The number of benzene rings is 2. The highest BCUT2D eigenvalue weighted by Gasteiger charge is 2.35. The van der Waals surface area contributed by atoms with Crippen LogP contribution in [0.15, 0.2) is 53.6 Å². The third-order valence-corrected chi connectivity index (χ3v) is 6.11. The average molecular weight is 425 g/mol. The summed E-state index contributed by atoms with van der Waals surface area (Å²) in [5.41, 5.74) is 2.53. The molecule has 0 bridgehead atoms. The van der Waals surface area contributed by atoms with E-state index in [-0.39, 0.29) is 17.8 Å². The van der Waals surface area contributed by atoms with Crippen molar-refractivity contribution in [3.05, 3.63) is 65.5 Å². The van der Waals surface area contributed by atoms with E-state index >= 15 is 0 Å². The number of piperazine rings is 1. The molecule has 0 aromatic heterocycles. The Balaban J connectivity index is 1.58. The SMILES string of the molecule is CCN1CCN(CC(=O)N2N=C(c3ccc(F)cc3)C[C@@H]2c2ccccc2OC)CC1. The maximum Gasteiger partial charge on any atom is 0.257 e. The molecule has 0 saturated carbocycles. The predicted octanol–water partition coefficient (Wildman–Crippen LogP) is 3.15. The lowest BCUT2D eigenvalue weighted by molar-refractivity contribution is -0.134. The molecule has 0 aliphatic carbocycles. The molecule has 2 aromatic carbocycles. The quantitative estimate of drug-likeness (QED) is 0.715. The highest BCUT2D eigenvalue weighted by molar-refractivity contribution is 6.03. The molecule has 2 aliphatic heterocycles. The van der Waals surface area contributed by atoms with Gasteiger partial charge in [0.05, 0.1) is 25.4 Å². The average Bonchev–Trinajstić information content (AvgIpc) is 3.25.